The van der Waals surface area contributed by atoms with Gasteiger partial charge < -0.3 is 10.2 Å². The van der Waals surface area contributed by atoms with E-state index in [1.54, 1.807) is 23.1 Å². The van der Waals surface area contributed by atoms with Gasteiger partial charge >= 0.3 is 0 Å². The Hall–Kier alpha value is -2.09. The van der Waals surface area contributed by atoms with Crippen LogP contribution in [0.15, 0.2) is 24.3 Å². The average Bonchev–Trinajstić information content (AvgIpc) is 2.49. The van der Waals surface area contributed by atoms with E-state index in [4.69, 9.17) is 5.26 Å². The molecule has 1 unspecified atom stereocenters. The van der Waals surface area contributed by atoms with Gasteiger partial charge in [0.2, 0.25) is 5.91 Å². The monoisotopic (exact) mass is 275 g/mol. The van der Waals surface area contributed by atoms with Crippen LogP contribution in [0.25, 0.3) is 0 Å². The van der Waals surface area contributed by atoms with E-state index in [0.717, 1.165) is 32.4 Å². The highest BCUT2D eigenvalue weighted by Crippen LogP contribution is 2.16. The zero-order chi connectivity index (χ0) is 14.4. The number of benzene rings is 1. The summed E-state index contributed by atoms with van der Waals surface area (Å²) in [6.07, 6.45) is 3.26. The lowest BCUT2D eigenvalue weighted by Gasteiger charge is -2.27. The zero-order valence-electron chi connectivity index (χ0n) is 11.3. The van der Waals surface area contributed by atoms with Crippen molar-refractivity contribution >= 4 is 11.6 Å². The summed E-state index contributed by atoms with van der Waals surface area (Å²) >= 11 is 0. The van der Waals surface area contributed by atoms with Gasteiger partial charge in [-0.25, -0.2) is 4.39 Å². The van der Waals surface area contributed by atoms with Crippen molar-refractivity contribution in [2.75, 3.05) is 18.4 Å². The second kappa shape index (κ2) is 6.90. The molecule has 1 saturated heterocycles. The Bertz CT molecular complexity index is 506. The van der Waals surface area contributed by atoms with Crippen LogP contribution in [0.4, 0.5) is 10.1 Å². The molecule has 2 rings (SSSR count). The maximum atomic E-state index is 13.5. The molecule has 1 aromatic rings. The molecule has 0 spiro atoms. The van der Waals surface area contributed by atoms with Gasteiger partial charge in [-0.1, -0.05) is 12.1 Å². The van der Waals surface area contributed by atoms with Crippen molar-refractivity contribution in [1.29, 1.82) is 5.26 Å². The minimum Gasteiger partial charge on any atom is -0.367 e. The van der Waals surface area contributed by atoms with Crippen molar-refractivity contribution in [2.24, 2.45) is 0 Å². The fourth-order valence-electron chi connectivity index (χ4n) is 2.34. The van der Waals surface area contributed by atoms with E-state index >= 15 is 0 Å². The quantitative estimate of drug-likeness (QED) is 0.918. The second-order valence-corrected chi connectivity index (χ2v) is 4.95. The smallest absolute Gasteiger partial charge is 0.225 e. The molecule has 1 aromatic carbocycles. The number of piperidine rings is 1. The molecule has 1 fully saturated rings. The van der Waals surface area contributed by atoms with Gasteiger partial charge in [-0.2, -0.15) is 5.26 Å². The largest absolute Gasteiger partial charge is 0.367 e. The summed E-state index contributed by atoms with van der Waals surface area (Å²) in [6, 6.07) is 7.47. The summed E-state index contributed by atoms with van der Waals surface area (Å²) in [4.78, 5) is 13.9. The van der Waals surface area contributed by atoms with Crippen molar-refractivity contribution in [2.45, 2.75) is 31.7 Å². The van der Waals surface area contributed by atoms with Crippen LogP contribution in [0.1, 0.15) is 25.7 Å². The number of carbonyl (C=O) groups is 1. The Morgan fingerprint density at radius 3 is 2.70 bits per heavy atom. The summed E-state index contributed by atoms with van der Waals surface area (Å²) in [7, 11) is 0. The zero-order valence-corrected chi connectivity index (χ0v) is 11.3. The standard InChI is InChI=1S/C15H18FN3O/c16-13-6-2-3-7-14(13)18-12(11-17)10-15(20)19-8-4-1-5-9-19/h2-3,6-7,12,18H,1,4-5,8-10H2. The molecule has 0 aliphatic carbocycles. The molecule has 1 N–H and O–H groups in total. The third-order valence-electron chi connectivity index (χ3n) is 3.45. The molecule has 1 heterocycles. The number of rotatable bonds is 4. The predicted octanol–water partition coefficient (Wildman–Crippen LogP) is 2.53. The molecule has 1 amide bonds. The Morgan fingerprint density at radius 1 is 1.35 bits per heavy atom. The number of likely N-dealkylation sites (tertiary alicyclic amines) is 1. The molecule has 0 saturated carbocycles. The Labute approximate surface area is 118 Å². The van der Waals surface area contributed by atoms with E-state index in [9.17, 15) is 9.18 Å². The molecule has 0 radical (unpaired) electrons. The van der Waals surface area contributed by atoms with E-state index in [1.807, 2.05) is 6.07 Å². The molecular weight excluding hydrogens is 257 g/mol. The highest BCUT2D eigenvalue weighted by atomic mass is 19.1. The highest BCUT2D eigenvalue weighted by Gasteiger charge is 2.21. The fraction of sp³-hybridized carbons (Fsp3) is 0.467. The van der Waals surface area contributed by atoms with Crippen LogP contribution in [0.5, 0.6) is 0 Å². The number of amides is 1. The van der Waals surface area contributed by atoms with Gasteiger partial charge in [0.15, 0.2) is 0 Å². The first kappa shape index (κ1) is 14.3. The molecule has 4 nitrogen and oxygen atoms in total. The van der Waals surface area contributed by atoms with Crippen LogP contribution >= 0.6 is 0 Å². The molecular formula is C15H18FN3O. The molecule has 0 bridgehead atoms. The lowest BCUT2D eigenvalue weighted by atomic mass is 10.1. The van der Waals surface area contributed by atoms with Crippen LogP contribution < -0.4 is 5.32 Å². The van der Waals surface area contributed by atoms with E-state index < -0.39 is 11.9 Å². The van der Waals surface area contributed by atoms with Crippen molar-refractivity contribution in [3.63, 3.8) is 0 Å². The number of nitrogens with one attached hydrogen (secondary N) is 1. The molecule has 1 atom stereocenters. The predicted molar refractivity (Wildman–Crippen MR) is 74.5 cm³/mol. The van der Waals surface area contributed by atoms with E-state index in [0.29, 0.717) is 0 Å². The fourth-order valence-corrected chi connectivity index (χ4v) is 2.34. The summed E-state index contributed by atoms with van der Waals surface area (Å²) in [6.45, 7) is 1.52. The number of hydrogen-bond donors (Lipinski definition) is 1. The van der Waals surface area contributed by atoms with Gasteiger partial charge in [0.1, 0.15) is 11.9 Å². The minimum absolute atomic E-state index is 0.0416. The van der Waals surface area contributed by atoms with E-state index in [-0.39, 0.29) is 18.0 Å². The highest BCUT2D eigenvalue weighted by molar-refractivity contribution is 5.78. The molecule has 1 aliphatic heterocycles. The Balaban J connectivity index is 1.94. The van der Waals surface area contributed by atoms with Crippen LogP contribution in [-0.4, -0.2) is 29.9 Å². The number of halogens is 1. The molecule has 20 heavy (non-hydrogen) atoms. The van der Waals surface area contributed by atoms with Gasteiger partial charge in [-0.05, 0) is 31.4 Å². The van der Waals surface area contributed by atoms with Gasteiger partial charge in [0.25, 0.3) is 0 Å². The number of para-hydroxylation sites is 1. The van der Waals surface area contributed by atoms with Crippen LogP contribution in [0.3, 0.4) is 0 Å². The Kier molecular flexibility index (Phi) is 4.94. The number of nitriles is 1. The maximum Gasteiger partial charge on any atom is 0.225 e. The van der Waals surface area contributed by atoms with Gasteiger partial charge in [-0.3, -0.25) is 4.79 Å². The second-order valence-electron chi connectivity index (χ2n) is 4.95. The topological polar surface area (TPSA) is 56.1 Å². The van der Waals surface area contributed by atoms with Crippen molar-refractivity contribution in [1.82, 2.24) is 4.90 Å². The third kappa shape index (κ3) is 3.70. The summed E-state index contributed by atoms with van der Waals surface area (Å²) < 4.78 is 13.5. The molecule has 1 aliphatic rings. The van der Waals surface area contributed by atoms with Crippen molar-refractivity contribution in [3.8, 4) is 6.07 Å². The van der Waals surface area contributed by atoms with Crippen molar-refractivity contribution in [3.05, 3.63) is 30.1 Å². The average molecular weight is 275 g/mol. The Morgan fingerprint density at radius 2 is 2.05 bits per heavy atom. The van der Waals surface area contributed by atoms with Gasteiger partial charge in [0, 0.05) is 13.1 Å². The lowest BCUT2D eigenvalue weighted by molar-refractivity contribution is -0.132. The van der Waals surface area contributed by atoms with E-state index in [2.05, 4.69) is 5.32 Å². The summed E-state index contributed by atoms with van der Waals surface area (Å²) in [5.41, 5.74) is 0.255. The number of anilines is 1. The molecule has 5 heteroatoms. The molecule has 106 valence electrons. The SMILES string of the molecule is N#CC(CC(=O)N1CCCCC1)Nc1ccccc1F. The maximum absolute atomic E-state index is 13.5. The number of hydrogen-bond acceptors (Lipinski definition) is 3. The summed E-state index contributed by atoms with van der Waals surface area (Å²) in [5.74, 6) is -0.460. The van der Waals surface area contributed by atoms with Gasteiger partial charge in [0.05, 0.1) is 18.2 Å². The number of carbonyl (C=O) groups excluding carboxylic acids is 1. The van der Waals surface area contributed by atoms with Crippen LogP contribution in [0, 0.1) is 17.1 Å². The normalized spacial score (nSPS) is 16.3. The minimum atomic E-state index is -0.707. The third-order valence-corrected chi connectivity index (χ3v) is 3.45. The molecule has 0 aromatic heterocycles. The number of nitrogens with zero attached hydrogens (tertiary/aromatic N) is 2. The van der Waals surface area contributed by atoms with E-state index in [1.165, 1.54) is 6.07 Å². The first-order valence-corrected chi connectivity index (χ1v) is 6.89. The lowest BCUT2D eigenvalue weighted by Crippen LogP contribution is -2.38. The van der Waals surface area contributed by atoms with Crippen LogP contribution in [-0.2, 0) is 4.79 Å². The first-order chi connectivity index (χ1) is 9.70. The van der Waals surface area contributed by atoms with Crippen LogP contribution in [0.2, 0.25) is 0 Å². The van der Waals surface area contributed by atoms with Gasteiger partial charge in [-0.15, -0.1) is 0 Å². The van der Waals surface area contributed by atoms with Crippen molar-refractivity contribution < 1.29 is 9.18 Å². The summed E-state index contributed by atoms with van der Waals surface area (Å²) in [5, 5.41) is 11.9. The first-order valence-electron chi connectivity index (χ1n) is 6.89.